The lowest BCUT2D eigenvalue weighted by atomic mass is 9.43. The SMILES string of the molecule is C=C1C=C[C@@]2(C)C(=C1)[C@@H](C)C[C@@H]1[C@@H]2[C@@H](O)C[C@@]2(C)[C@H]1CC[C@]2(C)C(=O)CO. The second-order valence-corrected chi connectivity index (χ2v) is 10.4. The van der Waals surface area contributed by atoms with E-state index in [1.165, 1.54) is 5.57 Å². The van der Waals surface area contributed by atoms with Crippen LogP contribution in [-0.2, 0) is 4.79 Å². The van der Waals surface area contributed by atoms with E-state index in [9.17, 15) is 15.0 Å². The van der Waals surface area contributed by atoms with Crippen molar-refractivity contribution in [3.05, 3.63) is 36.0 Å². The van der Waals surface area contributed by atoms with Crippen molar-refractivity contribution in [1.29, 1.82) is 0 Å². The third kappa shape index (κ3) is 2.31. The third-order valence-electron chi connectivity index (χ3n) is 9.27. The van der Waals surface area contributed by atoms with Gasteiger partial charge in [-0.05, 0) is 54.4 Å². The maximum Gasteiger partial charge on any atom is 0.164 e. The van der Waals surface area contributed by atoms with E-state index >= 15 is 0 Å². The van der Waals surface area contributed by atoms with Gasteiger partial charge in [-0.1, -0.05) is 58.1 Å². The van der Waals surface area contributed by atoms with Crippen LogP contribution in [0.1, 0.15) is 53.4 Å². The molecule has 0 bridgehead atoms. The van der Waals surface area contributed by atoms with E-state index in [0.717, 1.165) is 24.8 Å². The second kappa shape index (κ2) is 5.90. The van der Waals surface area contributed by atoms with Crippen LogP contribution in [0.15, 0.2) is 36.0 Å². The molecule has 0 spiro atoms. The van der Waals surface area contributed by atoms with E-state index in [2.05, 4.69) is 45.6 Å². The molecule has 3 nitrogen and oxygen atoms in total. The molecule has 0 aliphatic heterocycles. The minimum atomic E-state index is -0.532. The van der Waals surface area contributed by atoms with Crippen molar-refractivity contribution in [2.24, 2.45) is 39.9 Å². The number of allylic oxidation sites excluding steroid dienone is 5. The first-order valence-electron chi connectivity index (χ1n) is 10.5. The van der Waals surface area contributed by atoms with Gasteiger partial charge in [0, 0.05) is 16.7 Å². The van der Waals surface area contributed by atoms with Gasteiger partial charge >= 0.3 is 0 Å². The molecule has 3 saturated carbocycles. The fourth-order valence-electron chi connectivity index (χ4n) is 7.70. The minimum Gasteiger partial charge on any atom is -0.393 e. The fraction of sp³-hybridized carbons (Fsp3) is 0.708. The molecule has 4 aliphatic rings. The van der Waals surface area contributed by atoms with Crippen LogP contribution >= 0.6 is 0 Å². The molecule has 3 fully saturated rings. The molecule has 4 aliphatic carbocycles. The topological polar surface area (TPSA) is 57.5 Å². The van der Waals surface area contributed by atoms with Crippen LogP contribution in [0.25, 0.3) is 0 Å². The summed E-state index contributed by atoms with van der Waals surface area (Å²) in [5.41, 5.74) is 1.54. The zero-order valence-electron chi connectivity index (χ0n) is 17.2. The van der Waals surface area contributed by atoms with Gasteiger partial charge in [-0.25, -0.2) is 0 Å². The Morgan fingerprint density at radius 2 is 2.04 bits per heavy atom. The largest absolute Gasteiger partial charge is 0.393 e. The smallest absolute Gasteiger partial charge is 0.164 e. The van der Waals surface area contributed by atoms with Gasteiger partial charge in [-0.3, -0.25) is 4.79 Å². The number of hydrogen-bond donors (Lipinski definition) is 2. The van der Waals surface area contributed by atoms with E-state index in [4.69, 9.17) is 0 Å². The van der Waals surface area contributed by atoms with E-state index in [-0.39, 0.29) is 22.5 Å². The molecule has 0 aromatic rings. The summed E-state index contributed by atoms with van der Waals surface area (Å²) in [6.07, 6.45) is 9.73. The van der Waals surface area contributed by atoms with Crippen LogP contribution in [0.2, 0.25) is 0 Å². The monoisotopic (exact) mass is 370 g/mol. The van der Waals surface area contributed by atoms with E-state index in [0.29, 0.717) is 24.2 Å². The number of fused-ring (bicyclic) bond motifs is 5. The number of rotatable bonds is 2. The summed E-state index contributed by atoms with van der Waals surface area (Å²) in [5, 5.41) is 21.0. The van der Waals surface area contributed by atoms with Crippen molar-refractivity contribution in [3.63, 3.8) is 0 Å². The lowest BCUT2D eigenvalue weighted by Gasteiger charge is -2.61. The van der Waals surface area contributed by atoms with E-state index in [1.807, 2.05) is 6.92 Å². The number of ketones is 1. The first kappa shape index (κ1) is 19.1. The molecule has 0 aromatic carbocycles. The van der Waals surface area contributed by atoms with E-state index < -0.39 is 18.1 Å². The molecule has 3 heteroatoms. The number of carbonyl (C=O) groups excluding carboxylic acids is 1. The summed E-state index contributed by atoms with van der Waals surface area (Å²) >= 11 is 0. The molecule has 0 radical (unpaired) electrons. The number of hydrogen-bond acceptors (Lipinski definition) is 3. The molecule has 0 saturated heterocycles. The molecule has 2 N–H and O–H groups in total. The van der Waals surface area contributed by atoms with Crippen LogP contribution < -0.4 is 0 Å². The first-order chi connectivity index (χ1) is 12.6. The minimum absolute atomic E-state index is 0.0531. The Morgan fingerprint density at radius 3 is 2.70 bits per heavy atom. The molecule has 148 valence electrons. The van der Waals surface area contributed by atoms with Crippen LogP contribution in [0.4, 0.5) is 0 Å². The lowest BCUT2D eigenvalue weighted by Crippen LogP contribution is -2.59. The average molecular weight is 371 g/mol. The predicted molar refractivity (Wildman–Crippen MR) is 107 cm³/mol. The summed E-state index contributed by atoms with van der Waals surface area (Å²) < 4.78 is 0. The Kier molecular flexibility index (Phi) is 4.19. The highest BCUT2D eigenvalue weighted by Crippen LogP contribution is 2.70. The normalized spacial score (nSPS) is 51.3. The molecule has 0 heterocycles. The lowest BCUT2D eigenvalue weighted by molar-refractivity contribution is -0.157. The second-order valence-electron chi connectivity index (χ2n) is 10.4. The Hall–Kier alpha value is -1.19. The number of aliphatic hydroxyl groups is 2. The molecule has 0 amide bonds. The fourth-order valence-corrected chi connectivity index (χ4v) is 7.70. The Bertz CT molecular complexity index is 749. The van der Waals surface area contributed by atoms with Crippen molar-refractivity contribution in [2.45, 2.75) is 59.5 Å². The molecule has 0 unspecified atom stereocenters. The number of Topliss-reactive ketones (excluding diaryl/α,β-unsaturated/α-hetero) is 1. The maximum atomic E-state index is 12.7. The Morgan fingerprint density at radius 1 is 1.33 bits per heavy atom. The van der Waals surface area contributed by atoms with Gasteiger partial charge < -0.3 is 10.2 Å². The van der Waals surface area contributed by atoms with Gasteiger partial charge in [-0.2, -0.15) is 0 Å². The van der Waals surface area contributed by atoms with Gasteiger partial charge in [-0.15, -0.1) is 0 Å². The van der Waals surface area contributed by atoms with Gasteiger partial charge in [0.05, 0.1) is 6.10 Å². The average Bonchev–Trinajstić information content (AvgIpc) is 2.87. The Labute approximate surface area is 163 Å². The van der Waals surface area contributed by atoms with Crippen molar-refractivity contribution in [1.82, 2.24) is 0 Å². The molecule has 8 atom stereocenters. The molecular weight excluding hydrogens is 336 g/mol. The summed E-state index contributed by atoms with van der Waals surface area (Å²) in [4.78, 5) is 12.7. The Balaban J connectivity index is 1.78. The van der Waals surface area contributed by atoms with Crippen LogP contribution in [0, 0.1) is 39.9 Å². The number of aliphatic hydroxyl groups excluding tert-OH is 2. The molecule has 0 aromatic heterocycles. The van der Waals surface area contributed by atoms with Crippen molar-refractivity contribution in [2.75, 3.05) is 6.61 Å². The van der Waals surface area contributed by atoms with Crippen LogP contribution in [0.5, 0.6) is 0 Å². The van der Waals surface area contributed by atoms with Gasteiger partial charge in [0.1, 0.15) is 6.61 Å². The van der Waals surface area contributed by atoms with Crippen LogP contribution in [-0.4, -0.2) is 28.7 Å². The summed E-state index contributed by atoms with van der Waals surface area (Å²) in [5.74, 6) is 1.41. The molecule has 4 rings (SSSR count). The summed E-state index contributed by atoms with van der Waals surface area (Å²) in [7, 11) is 0. The standard InChI is InChI=1S/C24H34O3/c1-14-6-8-22(3)18(10-14)15(2)11-16-17-7-9-23(4,20(27)13-25)24(17,5)12-19(26)21(16)22/h6,8,10,15-17,19,21,25-26H,1,7,9,11-13H2,2-5H3/t15-,16-,17-,19-,21+,22-,23+,24-/m0/s1. The summed E-state index contributed by atoms with van der Waals surface area (Å²) in [6.45, 7) is 12.5. The maximum absolute atomic E-state index is 12.7. The quantitative estimate of drug-likeness (QED) is 0.770. The third-order valence-corrected chi connectivity index (χ3v) is 9.27. The molecule has 27 heavy (non-hydrogen) atoms. The van der Waals surface area contributed by atoms with Crippen LogP contribution in [0.3, 0.4) is 0 Å². The van der Waals surface area contributed by atoms with Gasteiger partial charge in [0.25, 0.3) is 0 Å². The zero-order chi connectivity index (χ0) is 19.8. The van der Waals surface area contributed by atoms with Gasteiger partial charge in [0.15, 0.2) is 5.78 Å². The van der Waals surface area contributed by atoms with Crippen molar-refractivity contribution in [3.8, 4) is 0 Å². The van der Waals surface area contributed by atoms with Gasteiger partial charge in [0.2, 0.25) is 0 Å². The highest BCUT2D eigenvalue weighted by molar-refractivity contribution is 5.86. The summed E-state index contributed by atoms with van der Waals surface area (Å²) in [6, 6.07) is 0. The van der Waals surface area contributed by atoms with Crippen molar-refractivity contribution < 1.29 is 15.0 Å². The highest BCUT2D eigenvalue weighted by atomic mass is 16.3. The first-order valence-corrected chi connectivity index (χ1v) is 10.5. The molecular formula is C24H34O3. The number of carbonyl (C=O) groups is 1. The van der Waals surface area contributed by atoms with E-state index in [1.54, 1.807) is 0 Å². The predicted octanol–water partition coefficient (Wildman–Crippen LogP) is 4.07. The highest BCUT2D eigenvalue weighted by Gasteiger charge is 2.67. The zero-order valence-corrected chi connectivity index (χ0v) is 17.2. The van der Waals surface area contributed by atoms with Crippen molar-refractivity contribution >= 4 is 5.78 Å².